The molecule has 11 nitrogen and oxygen atoms in total. The molecular formula is C32H22N4O7. The molecule has 1 spiro atoms. The van der Waals surface area contributed by atoms with Crippen LogP contribution < -0.4 is 14.7 Å². The van der Waals surface area contributed by atoms with E-state index in [1.807, 2.05) is 0 Å². The summed E-state index contributed by atoms with van der Waals surface area (Å²) < 4.78 is 0. The number of para-hydroxylation sites is 3. The van der Waals surface area contributed by atoms with Crippen molar-refractivity contribution in [2.24, 2.45) is 23.7 Å². The molecule has 0 N–H and O–H groups in total. The number of fused-ring (bicyclic) bond motifs is 1. The lowest BCUT2D eigenvalue weighted by atomic mass is 9.44. The normalized spacial score (nSPS) is 31.6. The van der Waals surface area contributed by atoms with Crippen molar-refractivity contribution in [3.05, 3.63) is 107 Å². The van der Waals surface area contributed by atoms with E-state index in [2.05, 4.69) is 0 Å². The molecule has 0 radical (unpaired) electrons. The second kappa shape index (κ2) is 8.09. The molecule has 43 heavy (non-hydrogen) atoms. The van der Waals surface area contributed by atoms with Gasteiger partial charge in [0.05, 0.1) is 34.4 Å². The number of nitro groups is 1. The first-order valence-corrected chi connectivity index (χ1v) is 13.8. The highest BCUT2D eigenvalue weighted by Crippen LogP contribution is 2.71. The molecule has 2 saturated heterocycles. The largest absolute Gasteiger partial charge is 0.300 e. The van der Waals surface area contributed by atoms with Gasteiger partial charge in [0.1, 0.15) is 11.8 Å². The zero-order valence-corrected chi connectivity index (χ0v) is 22.6. The Morgan fingerprint density at radius 3 is 1.60 bits per heavy atom. The maximum Gasteiger partial charge on any atom is 0.265 e. The van der Waals surface area contributed by atoms with Gasteiger partial charge in [-0.25, -0.2) is 9.80 Å². The van der Waals surface area contributed by atoms with Gasteiger partial charge >= 0.3 is 0 Å². The van der Waals surface area contributed by atoms with E-state index in [-0.39, 0.29) is 16.9 Å². The van der Waals surface area contributed by atoms with Crippen molar-refractivity contribution in [3.8, 4) is 0 Å². The van der Waals surface area contributed by atoms with Gasteiger partial charge in [-0.05, 0) is 42.0 Å². The average molecular weight is 575 g/mol. The average Bonchev–Trinajstić information content (AvgIpc) is 3.57. The summed E-state index contributed by atoms with van der Waals surface area (Å²) in [6.07, 6.45) is 1.30. The molecule has 3 aromatic rings. The molecule has 5 amide bonds. The van der Waals surface area contributed by atoms with Crippen LogP contribution in [0.15, 0.2) is 91.0 Å². The van der Waals surface area contributed by atoms with Crippen molar-refractivity contribution in [3.63, 3.8) is 0 Å². The van der Waals surface area contributed by atoms with Crippen LogP contribution in [0.3, 0.4) is 0 Å². The first-order valence-electron chi connectivity index (χ1n) is 13.8. The second-order valence-corrected chi connectivity index (χ2v) is 11.5. The fourth-order valence-electron chi connectivity index (χ4n) is 8.57. The lowest BCUT2D eigenvalue weighted by Crippen LogP contribution is -2.77. The van der Waals surface area contributed by atoms with Crippen molar-refractivity contribution in [1.82, 2.24) is 0 Å². The monoisotopic (exact) mass is 574 g/mol. The van der Waals surface area contributed by atoms with Crippen LogP contribution in [0.25, 0.3) is 5.57 Å². The van der Waals surface area contributed by atoms with E-state index in [0.717, 1.165) is 9.80 Å². The summed E-state index contributed by atoms with van der Waals surface area (Å²) >= 11 is 0. The molecule has 3 heterocycles. The van der Waals surface area contributed by atoms with E-state index in [1.165, 1.54) is 17.9 Å². The van der Waals surface area contributed by atoms with Gasteiger partial charge in [0, 0.05) is 17.4 Å². The van der Waals surface area contributed by atoms with Crippen LogP contribution in [0, 0.1) is 33.8 Å². The molecule has 3 aliphatic carbocycles. The minimum atomic E-state index is -2.43. The first-order chi connectivity index (χ1) is 20.7. The van der Waals surface area contributed by atoms with Crippen molar-refractivity contribution >= 4 is 52.2 Å². The van der Waals surface area contributed by atoms with Crippen LogP contribution >= 0.6 is 0 Å². The summed E-state index contributed by atoms with van der Waals surface area (Å²) in [5, 5.41) is 13.4. The van der Waals surface area contributed by atoms with E-state index in [9.17, 15) is 34.1 Å². The molecule has 9 rings (SSSR count). The summed E-state index contributed by atoms with van der Waals surface area (Å²) in [5.74, 6) is -10.0. The van der Waals surface area contributed by atoms with Crippen molar-refractivity contribution in [1.29, 1.82) is 0 Å². The number of rotatable bonds is 3. The predicted octanol–water partition coefficient (Wildman–Crippen LogP) is 2.83. The zero-order valence-electron chi connectivity index (χ0n) is 22.6. The summed E-state index contributed by atoms with van der Waals surface area (Å²) in [4.78, 5) is 87.5. The SMILES string of the molecule is CC(=O)N1c2ccccc2C2=CC3([N+](=O)[O-])[C@@H]4C(=O)N(c5ccccc5)C(=O)[C@@H]4C21[C@@H]1C(=O)N(c2ccccc2)C(=O)[C@@H]13. The second-order valence-electron chi connectivity index (χ2n) is 11.5. The minimum absolute atomic E-state index is 0.210. The van der Waals surface area contributed by atoms with E-state index in [4.69, 9.17) is 0 Å². The third-order valence-corrected chi connectivity index (χ3v) is 9.83. The Labute approximate surface area is 244 Å². The van der Waals surface area contributed by atoms with Gasteiger partial charge in [-0.15, -0.1) is 0 Å². The Kier molecular flexibility index (Phi) is 4.76. The number of carbonyl (C=O) groups is 5. The molecule has 212 valence electrons. The van der Waals surface area contributed by atoms with Gasteiger partial charge in [0.25, 0.3) is 5.54 Å². The van der Waals surface area contributed by atoms with Gasteiger partial charge in [-0.1, -0.05) is 54.6 Å². The van der Waals surface area contributed by atoms with E-state index in [0.29, 0.717) is 11.3 Å². The van der Waals surface area contributed by atoms with Crippen LogP contribution in [0.5, 0.6) is 0 Å². The molecular weight excluding hydrogens is 552 g/mol. The highest BCUT2D eigenvalue weighted by atomic mass is 16.6. The van der Waals surface area contributed by atoms with Gasteiger partial charge in [-0.3, -0.25) is 34.1 Å². The highest BCUT2D eigenvalue weighted by Gasteiger charge is 2.88. The number of benzene rings is 3. The topological polar surface area (TPSA) is 138 Å². The first kappa shape index (κ1) is 25.3. The molecule has 11 heteroatoms. The lowest BCUT2D eigenvalue weighted by Gasteiger charge is -2.57. The number of hydrogen-bond acceptors (Lipinski definition) is 7. The van der Waals surface area contributed by atoms with Crippen molar-refractivity contribution in [2.45, 2.75) is 18.0 Å². The molecule has 3 fully saturated rings. The Hall–Kier alpha value is -5.45. The van der Waals surface area contributed by atoms with Gasteiger partial charge in [-0.2, -0.15) is 0 Å². The number of carbonyl (C=O) groups excluding carboxylic acids is 5. The Balaban J connectivity index is 1.49. The van der Waals surface area contributed by atoms with E-state index < -0.39 is 69.2 Å². The number of amides is 5. The molecule has 3 aromatic carbocycles. The van der Waals surface area contributed by atoms with Crippen LogP contribution in [0.4, 0.5) is 17.1 Å². The Bertz CT molecular complexity index is 1790. The lowest BCUT2D eigenvalue weighted by molar-refractivity contribution is -0.577. The summed E-state index contributed by atoms with van der Waals surface area (Å²) in [6, 6.07) is 22.8. The number of hydrogen-bond donors (Lipinski definition) is 0. The fourth-order valence-corrected chi connectivity index (χ4v) is 8.57. The smallest absolute Gasteiger partial charge is 0.265 e. The molecule has 6 aliphatic rings. The molecule has 2 bridgehead atoms. The minimum Gasteiger partial charge on any atom is -0.300 e. The van der Waals surface area contributed by atoms with Crippen LogP contribution in [-0.4, -0.2) is 45.5 Å². The number of imide groups is 2. The summed E-state index contributed by atoms with van der Waals surface area (Å²) in [5.41, 5.74) is -2.82. The van der Waals surface area contributed by atoms with Crippen LogP contribution in [0.2, 0.25) is 0 Å². The Morgan fingerprint density at radius 1 is 0.698 bits per heavy atom. The maximum absolute atomic E-state index is 14.6. The van der Waals surface area contributed by atoms with Crippen molar-refractivity contribution < 1.29 is 28.9 Å². The Morgan fingerprint density at radius 2 is 1.14 bits per heavy atom. The molecule has 2 unspecified atom stereocenters. The number of nitrogens with zero attached hydrogens (tertiary/aromatic N) is 4. The molecule has 6 atom stereocenters. The predicted molar refractivity (Wildman–Crippen MR) is 152 cm³/mol. The third-order valence-electron chi connectivity index (χ3n) is 9.83. The van der Waals surface area contributed by atoms with Gasteiger partial charge in [0.2, 0.25) is 29.5 Å². The van der Waals surface area contributed by atoms with Crippen LogP contribution in [0.1, 0.15) is 12.5 Å². The highest BCUT2D eigenvalue weighted by molar-refractivity contribution is 6.31. The van der Waals surface area contributed by atoms with E-state index >= 15 is 0 Å². The number of anilines is 3. The molecule has 3 aliphatic heterocycles. The standard InChI is InChI=1S/C32H22N4O7/c1-17(37)35-22-15-9-8-14-20(22)21-16-31(36(42)43)23-25(29(40)33(27(23)38)18-10-4-2-5-11-18)32(21,35)26-24(31)28(39)34(30(26)41)19-12-6-3-7-13-19/h2-16,23-26H,1H3/t23-,24+,25+,26-,31?,32?. The van der Waals surface area contributed by atoms with Gasteiger partial charge < -0.3 is 4.90 Å². The molecule has 1 saturated carbocycles. The third kappa shape index (κ3) is 2.64. The zero-order chi connectivity index (χ0) is 30.0. The fraction of sp³-hybridized carbons (Fsp3) is 0.219. The quantitative estimate of drug-likeness (QED) is 0.266. The van der Waals surface area contributed by atoms with Crippen LogP contribution in [-0.2, 0) is 24.0 Å². The molecule has 0 aromatic heterocycles. The van der Waals surface area contributed by atoms with Crippen molar-refractivity contribution in [2.75, 3.05) is 14.7 Å². The summed E-state index contributed by atoms with van der Waals surface area (Å²) in [6.45, 7) is 1.29. The van der Waals surface area contributed by atoms with Gasteiger partial charge in [0.15, 0.2) is 0 Å². The summed E-state index contributed by atoms with van der Waals surface area (Å²) in [7, 11) is 0. The van der Waals surface area contributed by atoms with E-state index in [1.54, 1.807) is 84.9 Å². The maximum atomic E-state index is 14.6.